The van der Waals surface area contributed by atoms with Crippen LogP contribution in [0.25, 0.3) is 0 Å². The number of benzene rings is 1. The van der Waals surface area contributed by atoms with Gasteiger partial charge in [0.1, 0.15) is 12.2 Å². The molecule has 1 fully saturated rings. The highest BCUT2D eigenvalue weighted by atomic mass is 19.4. The van der Waals surface area contributed by atoms with E-state index < -0.39 is 18.6 Å². The Morgan fingerprint density at radius 3 is 2.76 bits per heavy atom. The smallest absolute Gasteiger partial charge is 0.349 e. The SMILES string of the molecule is O=C1CCC(c2ccccc2NC(=O)c2ccnn2CC(F)(F)F)N1. The Balaban J connectivity index is 1.81. The average Bonchev–Trinajstić information content (AvgIpc) is 3.15. The second-order valence-electron chi connectivity index (χ2n) is 5.69. The average molecular weight is 352 g/mol. The molecule has 1 aromatic heterocycles. The van der Waals surface area contributed by atoms with Crippen molar-refractivity contribution in [2.24, 2.45) is 0 Å². The number of aromatic nitrogens is 2. The van der Waals surface area contributed by atoms with Gasteiger partial charge in [0.05, 0.1) is 6.04 Å². The van der Waals surface area contributed by atoms with E-state index in [0.29, 0.717) is 28.8 Å². The normalized spacial score (nSPS) is 17.4. The number of carbonyl (C=O) groups excluding carboxylic acids is 2. The van der Waals surface area contributed by atoms with Gasteiger partial charge in [-0.3, -0.25) is 14.3 Å². The van der Waals surface area contributed by atoms with Crippen LogP contribution in [0.3, 0.4) is 0 Å². The molecule has 1 aliphatic rings. The van der Waals surface area contributed by atoms with Gasteiger partial charge in [-0.05, 0) is 24.1 Å². The number of carbonyl (C=O) groups is 2. The third kappa shape index (κ3) is 3.98. The maximum atomic E-state index is 12.6. The summed E-state index contributed by atoms with van der Waals surface area (Å²) in [6, 6.07) is 7.86. The van der Waals surface area contributed by atoms with E-state index in [1.54, 1.807) is 24.3 Å². The molecule has 1 unspecified atom stereocenters. The molecule has 0 spiro atoms. The number of para-hydroxylation sites is 1. The molecule has 9 heteroatoms. The highest BCUT2D eigenvalue weighted by molar-refractivity contribution is 6.03. The van der Waals surface area contributed by atoms with E-state index >= 15 is 0 Å². The molecule has 0 saturated carbocycles. The lowest BCUT2D eigenvalue weighted by Gasteiger charge is -2.16. The summed E-state index contributed by atoms with van der Waals surface area (Å²) in [4.78, 5) is 23.8. The van der Waals surface area contributed by atoms with Crippen molar-refractivity contribution >= 4 is 17.5 Å². The Morgan fingerprint density at radius 1 is 1.32 bits per heavy atom. The molecule has 1 aliphatic heterocycles. The monoisotopic (exact) mass is 352 g/mol. The van der Waals surface area contributed by atoms with Crippen LogP contribution in [0.2, 0.25) is 0 Å². The van der Waals surface area contributed by atoms with Gasteiger partial charge in [-0.25, -0.2) is 0 Å². The minimum absolute atomic E-state index is 0.0746. The van der Waals surface area contributed by atoms with Crippen LogP contribution < -0.4 is 10.6 Å². The number of amides is 2. The van der Waals surface area contributed by atoms with E-state index in [1.165, 1.54) is 6.07 Å². The zero-order chi connectivity index (χ0) is 18.0. The number of rotatable bonds is 4. The van der Waals surface area contributed by atoms with Gasteiger partial charge in [-0.15, -0.1) is 0 Å². The van der Waals surface area contributed by atoms with E-state index in [0.717, 1.165) is 6.20 Å². The topological polar surface area (TPSA) is 76.0 Å². The van der Waals surface area contributed by atoms with Crippen molar-refractivity contribution in [2.75, 3.05) is 5.32 Å². The van der Waals surface area contributed by atoms with Gasteiger partial charge < -0.3 is 10.6 Å². The first-order chi connectivity index (χ1) is 11.8. The molecule has 0 aliphatic carbocycles. The maximum absolute atomic E-state index is 12.6. The van der Waals surface area contributed by atoms with Crippen LogP contribution in [-0.2, 0) is 11.3 Å². The van der Waals surface area contributed by atoms with Gasteiger partial charge in [0.25, 0.3) is 5.91 Å². The molecule has 1 atom stereocenters. The highest BCUT2D eigenvalue weighted by Crippen LogP contribution is 2.30. The number of hydrogen-bond donors (Lipinski definition) is 2. The van der Waals surface area contributed by atoms with Crippen molar-refractivity contribution in [2.45, 2.75) is 31.6 Å². The lowest BCUT2D eigenvalue weighted by Crippen LogP contribution is -2.25. The third-order valence-corrected chi connectivity index (χ3v) is 3.86. The van der Waals surface area contributed by atoms with Gasteiger partial charge in [0.15, 0.2) is 0 Å². The Hall–Kier alpha value is -2.84. The molecule has 0 bridgehead atoms. The zero-order valence-corrected chi connectivity index (χ0v) is 13.0. The second-order valence-corrected chi connectivity index (χ2v) is 5.69. The number of hydrogen-bond acceptors (Lipinski definition) is 3. The number of nitrogens with one attached hydrogen (secondary N) is 2. The molecule has 25 heavy (non-hydrogen) atoms. The molecule has 3 rings (SSSR count). The van der Waals surface area contributed by atoms with Gasteiger partial charge in [-0.1, -0.05) is 18.2 Å². The van der Waals surface area contributed by atoms with E-state index in [2.05, 4.69) is 15.7 Å². The molecule has 2 heterocycles. The fourth-order valence-electron chi connectivity index (χ4n) is 2.77. The molecule has 1 aromatic carbocycles. The summed E-state index contributed by atoms with van der Waals surface area (Å²) in [5.41, 5.74) is 0.964. The van der Waals surface area contributed by atoms with E-state index in [-0.39, 0.29) is 17.6 Å². The molecular formula is C16H15F3N4O2. The zero-order valence-electron chi connectivity index (χ0n) is 13.0. The van der Waals surface area contributed by atoms with Crippen LogP contribution in [0, 0.1) is 0 Å². The summed E-state index contributed by atoms with van der Waals surface area (Å²) in [6.07, 6.45) is -2.35. The summed E-state index contributed by atoms with van der Waals surface area (Å²) in [5.74, 6) is -0.770. The van der Waals surface area contributed by atoms with Crippen LogP contribution in [0.1, 0.15) is 34.9 Å². The van der Waals surface area contributed by atoms with Crippen molar-refractivity contribution in [3.63, 3.8) is 0 Å². The number of halogens is 3. The molecule has 2 aromatic rings. The lowest BCUT2D eigenvalue weighted by atomic mass is 10.0. The van der Waals surface area contributed by atoms with Crippen molar-refractivity contribution in [3.8, 4) is 0 Å². The van der Waals surface area contributed by atoms with Crippen molar-refractivity contribution in [3.05, 3.63) is 47.8 Å². The minimum atomic E-state index is -4.48. The van der Waals surface area contributed by atoms with Crippen molar-refractivity contribution in [1.82, 2.24) is 15.1 Å². The van der Waals surface area contributed by atoms with E-state index in [9.17, 15) is 22.8 Å². The molecule has 2 amide bonds. The first kappa shape index (κ1) is 17.0. The number of anilines is 1. The second kappa shape index (κ2) is 6.58. The quantitative estimate of drug-likeness (QED) is 0.888. The number of nitrogens with zero attached hydrogens (tertiary/aromatic N) is 2. The molecule has 0 radical (unpaired) electrons. The molecule has 6 nitrogen and oxygen atoms in total. The van der Waals surface area contributed by atoms with Crippen LogP contribution in [0.4, 0.5) is 18.9 Å². The van der Waals surface area contributed by atoms with Crippen LogP contribution >= 0.6 is 0 Å². The molecular weight excluding hydrogens is 337 g/mol. The summed E-state index contributed by atoms with van der Waals surface area (Å²) in [6.45, 7) is -1.34. The fourth-order valence-corrected chi connectivity index (χ4v) is 2.77. The number of alkyl halides is 3. The fraction of sp³-hybridized carbons (Fsp3) is 0.312. The van der Waals surface area contributed by atoms with Crippen molar-refractivity contribution < 1.29 is 22.8 Å². The molecule has 2 N–H and O–H groups in total. The summed E-state index contributed by atoms with van der Waals surface area (Å²) in [7, 11) is 0. The summed E-state index contributed by atoms with van der Waals surface area (Å²) in [5, 5.41) is 8.97. The summed E-state index contributed by atoms with van der Waals surface area (Å²) < 4.78 is 38.3. The standard InChI is InChI=1S/C16H15F3N4O2/c17-16(18,19)9-23-13(7-8-20-23)15(25)22-11-4-2-1-3-10(11)12-5-6-14(24)21-12/h1-4,7-8,12H,5-6,9H2,(H,21,24)(H,22,25). The first-order valence-corrected chi connectivity index (χ1v) is 7.62. The van der Waals surface area contributed by atoms with Gasteiger partial charge in [-0.2, -0.15) is 18.3 Å². The van der Waals surface area contributed by atoms with Crippen LogP contribution in [0.5, 0.6) is 0 Å². The van der Waals surface area contributed by atoms with Crippen LogP contribution in [-0.4, -0.2) is 27.8 Å². The third-order valence-electron chi connectivity index (χ3n) is 3.86. The predicted molar refractivity (Wildman–Crippen MR) is 82.8 cm³/mol. The lowest BCUT2D eigenvalue weighted by molar-refractivity contribution is -0.142. The van der Waals surface area contributed by atoms with E-state index in [1.807, 2.05) is 0 Å². The van der Waals surface area contributed by atoms with Gasteiger partial charge >= 0.3 is 6.18 Å². The Labute approximate surface area is 141 Å². The Kier molecular flexibility index (Phi) is 4.47. The molecule has 1 saturated heterocycles. The largest absolute Gasteiger partial charge is 0.408 e. The van der Waals surface area contributed by atoms with E-state index in [4.69, 9.17) is 0 Å². The highest BCUT2D eigenvalue weighted by Gasteiger charge is 2.31. The van der Waals surface area contributed by atoms with Gasteiger partial charge in [0, 0.05) is 18.3 Å². The van der Waals surface area contributed by atoms with Crippen molar-refractivity contribution in [1.29, 1.82) is 0 Å². The molecule has 132 valence electrons. The Bertz CT molecular complexity index is 801. The summed E-state index contributed by atoms with van der Waals surface area (Å²) >= 11 is 0. The first-order valence-electron chi connectivity index (χ1n) is 7.62. The van der Waals surface area contributed by atoms with Crippen LogP contribution in [0.15, 0.2) is 36.5 Å². The Morgan fingerprint density at radius 2 is 2.08 bits per heavy atom. The maximum Gasteiger partial charge on any atom is 0.408 e. The van der Waals surface area contributed by atoms with Gasteiger partial charge in [0.2, 0.25) is 5.91 Å². The minimum Gasteiger partial charge on any atom is -0.349 e. The predicted octanol–water partition coefficient (Wildman–Crippen LogP) is 2.65.